The number of fused-ring (bicyclic) bond motifs is 1. The molecule has 106 valence electrons. The number of carbonyl (C=O) groups is 1. The average molecular weight is 283 g/mol. The number of nitrogens with zero attached hydrogens (tertiary/aromatic N) is 2. The predicted octanol–water partition coefficient (Wildman–Crippen LogP) is 3.07. The fourth-order valence-electron chi connectivity index (χ4n) is 2.15. The molecule has 4 nitrogen and oxygen atoms in total. The normalized spacial score (nSPS) is 10.8. The highest BCUT2D eigenvalue weighted by molar-refractivity contribution is 5.97. The van der Waals surface area contributed by atoms with Gasteiger partial charge < -0.3 is 9.88 Å². The van der Waals surface area contributed by atoms with E-state index in [0.29, 0.717) is 11.4 Å². The first kappa shape index (κ1) is 13.3. The number of imidazole rings is 1. The van der Waals surface area contributed by atoms with Crippen LogP contribution in [0.1, 0.15) is 10.4 Å². The standard InChI is InChI=1S/C16H14FN3O/c1-20(2)16(21)11-5-8-13-14(9-11)19-15(18-13)10-3-6-12(17)7-4-10/h3-9H,1-2H3,(H,18,19). The quantitative estimate of drug-likeness (QED) is 0.785. The van der Waals surface area contributed by atoms with Gasteiger partial charge in [-0.3, -0.25) is 4.79 Å². The molecule has 3 aromatic rings. The molecular formula is C16H14FN3O. The van der Waals surface area contributed by atoms with E-state index < -0.39 is 0 Å². The fourth-order valence-corrected chi connectivity index (χ4v) is 2.15. The van der Waals surface area contributed by atoms with Crippen LogP contribution in [0.25, 0.3) is 22.4 Å². The maximum atomic E-state index is 13.0. The van der Waals surface area contributed by atoms with Gasteiger partial charge in [0.05, 0.1) is 11.0 Å². The van der Waals surface area contributed by atoms with Gasteiger partial charge in [-0.1, -0.05) is 0 Å². The van der Waals surface area contributed by atoms with E-state index >= 15 is 0 Å². The van der Waals surface area contributed by atoms with Crippen molar-refractivity contribution in [3.05, 3.63) is 53.8 Å². The zero-order chi connectivity index (χ0) is 15.0. The Balaban J connectivity index is 2.04. The number of carbonyl (C=O) groups excluding carboxylic acids is 1. The number of nitrogens with one attached hydrogen (secondary N) is 1. The topological polar surface area (TPSA) is 49.0 Å². The van der Waals surface area contributed by atoms with Crippen LogP contribution in [0.15, 0.2) is 42.5 Å². The molecule has 5 heteroatoms. The first-order valence-electron chi connectivity index (χ1n) is 6.52. The van der Waals surface area contributed by atoms with Gasteiger partial charge >= 0.3 is 0 Å². The van der Waals surface area contributed by atoms with Gasteiger partial charge in [0.15, 0.2) is 0 Å². The van der Waals surface area contributed by atoms with Crippen molar-refractivity contribution in [1.29, 1.82) is 0 Å². The molecule has 1 N–H and O–H groups in total. The SMILES string of the molecule is CN(C)C(=O)c1ccc2nc(-c3ccc(F)cc3)[nH]c2c1. The number of amides is 1. The molecule has 0 aliphatic carbocycles. The number of benzene rings is 2. The van der Waals surface area contributed by atoms with E-state index in [9.17, 15) is 9.18 Å². The van der Waals surface area contributed by atoms with E-state index in [4.69, 9.17) is 0 Å². The van der Waals surface area contributed by atoms with Crippen molar-refractivity contribution in [2.45, 2.75) is 0 Å². The second kappa shape index (κ2) is 5.01. The van der Waals surface area contributed by atoms with E-state index in [1.54, 1.807) is 44.4 Å². The minimum atomic E-state index is -0.284. The molecule has 1 heterocycles. The van der Waals surface area contributed by atoms with Crippen molar-refractivity contribution in [3.8, 4) is 11.4 Å². The van der Waals surface area contributed by atoms with Gasteiger partial charge in [0.1, 0.15) is 11.6 Å². The number of rotatable bonds is 2. The summed E-state index contributed by atoms with van der Waals surface area (Å²) in [6.07, 6.45) is 0. The summed E-state index contributed by atoms with van der Waals surface area (Å²) in [4.78, 5) is 21.1. The minimum absolute atomic E-state index is 0.0603. The zero-order valence-corrected chi connectivity index (χ0v) is 11.7. The highest BCUT2D eigenvalue weighted by Crippen LogP contribution is 2.21. The molecule has 0 spiro atoms. The number of H-pyrrole nitrogens is 1. The summed E-state index contributed by atoms with van der Waals surface area (Å²) in [7, 11) is 3.42. The number of aromatic amines is 1. The molecule has 1 aromatic heterocycles. The number of aromatic nitrogens is 2. The van der Waals surface area contributed by atoms with Crippen molar-refractivity contribution >= 4 is 16.9 Å². The molecule has 21 heavy (non-hydrogen) atoms. The summed E-state index contributed by atoms with van der Waals surface area (Å²) in [6, 6.07) is 11.4. The second-order valence-electron chi connectivity index (χ2n) is 5.02. The van der Waals surface area contributed by atoms with Crippen LogP contribution in [0.2, 0.25) is 0 Å². The Morgan fingerprint density at radius 3 is 2.52 bits per heavy atom. The summed E-state index contributed by atoms with van der Waals surface area (Å²) in [5, 5.41) is 0. The average Bonchev–Trinajstić information content (AvgIpc) is 2.89. The predicted molar refractivity (Wildman–Crippen MR) is 79.5 cm³/mol. The highest BCUT2D eigenvalue weighted by Gasteiger charge is 2.11. The van der Waals surface area contributed by atoms with Crippen molar-refractivity contribution in [2.75, 3.05) is 14.1 Å². The molecule has 0 atom stereocenters. The summed E-state index contributed by atoms with van der Waals surface area (Å²) in [6.45, 7) is 0. The number of hydrogen-bond donors (Lipinski definition) is 1. The second-order valence-corrected chi connectivity index (χ2v) is 5.02. The van der Waals surface area contributed by atoms with Gasteiger partial charge in [-0.15, -0.1) is 0 Å². The van der Waals surface area contributed by atoms with Crippen LogP contribution in [0.4, 0.5) is 4.39 Å². The smallest absolute Gasteiger partial charge is 0.253 e. The summed E-state index contributed by atoms with van der Waals surface area (Å²) < 4.78 is 13.0. The molecule has 0 aliphatic heterocycles. The van der Waals surface area contributed by atoms with Gasteiger partial charge in [-0.2, -0.15) is 0 Å². The van der Waals surface area contributed by atoms with Crippen LogP contribution in [-0.4, -0.2) is 34.9 Å². The molecule has 0 bridgehead atoms. The van der Waals surface area contributed by atoms with E-state index in [0.717, 1.165) is 16.6 Å². The largest absolute Gasteiger partial charge is 0.345 e. The van der Waals surface area contributed by atoms with Gasteiger partial charge in [0, 0.05) is 25.2 Å². The van der Waals surface area contributed by atoms with Crippen LogP contribution in [0.3, 0.4) is 0 Å². The number of hydrogen-bond acceptors (Lipinski definition) is 2. The molecule has 0 unspecified atom stereocenters. The van der Waals surface area contributed by atoms with E-state index in [1.807, 2.05) is 0 Å². The Hall–Kier alpha value is -2.69. The lowest BCUT2D eigenvalue weighted by molar-refractivity contribution is 0.0828. The minimum Gasteiger partial charge on any atom is -0.345 e. The van der Waals surface area contributed by atoms with Crippen molar-refractivity contribution in [3.63, 3.8) is 0 Å². The van der Waals surface area contributed by atoms with Gasteiger partial charge in [0.2, 0.25) is 0 Å². The van der Waals surface area contributed by atoms with E-state index in [1.165, 1.54) is 17.0 Å². The molecule has 1 amide bonds. The Bertz CT molecular complexity index is 806. The fraction of sp³-hybridized carbons (Fsp3) is 0.125. The molecule has 3 rings (SSSR count). The first-order chi connectivity index (χ1) is 10.0. The molecule has 2 aromatic carbocycles. The highest BCUT2D eigenvalue weighted by atomic mass is 19.1. The maximum Gasteiger partial charge on any atom is 0.253 e. The maximum absolute atomic E-state index is 13.0. The van der Waals surface area contributed by atoms with Crippen LogP contribution in [-0.2, 0) is 0 Å². The van der Waals surface area contributed by atoms with E-state index in [2.05, 4.69) is 9.97 Å². The lowest BCUT2D eigenvalue weighted by atomic mass is 10.2. The third-order valence-corrected chi connectivity index (χ3v) is 3.25. The van der Waals surface area contributed by atoms with Gasteiger partial charge in [0.25, 0.3) is 5.91 Å². The lowest BCUT2D eigenvalue weighted by Crippen LogP contribution is -2.21. The van der Waals surface area contributed by atoms with Crippen LogP contribution in [0, 0.1) is 5.82 Å². The third kappa shape index (κ3) is 2.50. The summed E-state index contributed by atoms with van der Waals surface area (Å²) in [5.41, 5.74) is 2.95. The van der Waals surface area contributed by atoms with Gasteiger partial charge in [-0.05, 0) is 42.5 Å². The Morgan fingerprint density at radius 2 is 1.86 bits per heavy atom. The lowest BCUT2D eigenvalue weighted by Gasteiger charge is -2.09. The van der Waals surface area contributed by atoms with Crippen LogP contribution >= 0.6 is 0 Å². The molecule has 0 aliphatic rings. The first-order valence-corrected chi connectivity index (χ1v) is 6.52. The molecule has 0 saturated heterocycles. The third-order valence-electron chi connectivity index (χ3n) is 3.25. The summed E-state index contributed by atoms with van der Waals surface area (Å²) in [5.74, 6) is 0.308. The Labute approximate surface area is 121 Å². The Morgan fingerprint density at radius 1 is 1.14 bits per heavy atom. The number of halogens is 1. The molecule has 0 radical (unpaired) electrons. The van der Waals surface area contributed by atoms with Crippen molar-refractivity contribution in [1.82, 2.24) is 14.9 Å². The van der Waals surface area contributed by atoms with Crippen molar-refractivity contribution < 1.29 is 9.18 Å². The van der Waals surface area contributed by atoms with E-state index in [-0.39, 0.29) is 11.7 Å². The monoisotopic (exact) mass is 283 g/mol. The van der Waals surface area contributed by atoms with Gasteiger partial charge in [-0.25, -0.2) is 9.37 Å². The molecule has 0 saturated carbocycles. The molecule has 0 fully saturated rings. The Kier molecular flexibility index (Phi) is 3.17. The van der Waals surface area contributed by atoms with Crippen molar-refractivity contribution in [2.24, 2.45) is 0 Å². The summed E-state index contributed by atoms with van der Waals surface area (Å²) >= 11 is 0. The molecular weight excluding hydrogens is 269 g/mol. The van der Waals surface area contributed by atoms with Crippen LogP contribution < -0.4 is 0 Å². The van der Waals surface area contributed by atoms with Crippen LogP contribution in [0.5, 0.6) is 0 Å². The zero-order valence-electron chi connectivity index (χ0n) is 11.7.